The molecule has 0 unspecified atom stereocenters. The summed E-state index contributed by atoms with van der Waals surface area (Å²) >= 11 is 1.66. The van der Waals surface area contributed by atoms with Crippen molar-refractivity contribution in [2.75, 3.05) is 6.26 Å². The molecule has 5 nitrogen and oxygen atoms in total. The number of aromatic amines is 1. The van der Waals surface area contributed by atoms with Crippen LogP contribution in [0.5, 0.6) is 5.75 Å². The van der Waals surface area contributed by atoms with Gasteiger partial charge in [0, 0.05) is 15.8 Å². The van der Waals surface area contributed by atoms with Gasteiger partial charge in [0.2, 0.25) is 5.78 Å². The van der Waals surface area contributed by atoms with Gasteiger partial charge in [-0.25, -0.2) is 4.79 Å². The van der Waals surface area contributed by atoms with E-state index in [0.29, 0.717) is 11.4 Å². The minimum absolute atomic E-state index is 0.112. The molecular weight excluding hydrogens is 398 g/mol. The first-order valence-corrected chi connectivity index (χ1v) is 10.8. The van der Waals surface area contributed by atoms with Crippen LogP contribution >= 0.6 is 11.8 Å². The summed E-state index contributed by atoms with van der Waals surface area (Å²) in [6.07, 6.45) is 5.31. The van der Waals surface area contributed by atoms with E-state index in [2.05, 4.69) is 4.98 Å². The average Bonchev–Trinajstić information content (AvgIpc) is 3.12. The number of aryl methyl sites for hydroxylation is 2. The van der Waals surface area contributed by atoms with Crippen LogP contribution in [-0.4, -0.2) is 33.7 Å². The first-order chi connectivity index (χ1) is 14.1. The maximum Gasteiger partial charge on any atom is 0.347 e. The molecule has 0 spiro atoms. The molecule has 6 heteroatoms. The number of hydrogen-bond acceptors (Lipinski definition) is 4. The molecule has 0 atom stereocenters. The van der Waals surface area contributed by atoms with Crippen LogP contribution in [0, 0.1) is 13.8 Å². The monoisotopic (exact) mass is 423 g/mol. The Hall–Kier alpha value is -2.99. The molecule has 1 aromatic heterocycles. The number of fused-ring (bicyclic) bond motifs is 1. The van der Waals surface area contributed by atoms with E-state index in [-0.39, 0.29) is 5.78 Å². The third-order valence-electron chi connectivity index (χ3n) is 4.88. The lowest BCUT2D eigenvalue weighted by Crippen LogP contribution is -2.38. The molecule has 0 saturated heterocycles. The van der Waals surface area contributed by atoms with E-state index in [9.17, 15) is 14.7 Å². The van der Waals surface area contributed by atoms with Gasteiger partial charge < -0.3 is 14.8 Å². The van der Waals surface area contributed by atoms with Gasteiger partial charge >= 0.3 is 5.97 Å². The van der Waals surface area contributed by atoms with E-state index in [1.807, 2.05) is 56.5 Å². The molecule has 156 valence electrons. The third kappa shape index (κ3) is 4.60. The normalized spacial score (nSPS) is 11.9. The van der Waals surface area contributed by atoms with Gasteiger partial charge in [0.1, 0.15) is 5.75 Å². The van der Waals surface area contributed by atoms with E-state index >= 15 is 0 Å². The van der Waals surface area contributed by atoms with Crippen LogP contribution < -0.4 is 4.74 Å². The summed E-state index contributed by atoms with van der Waals surface area (Å²) in [7, 11) is 0. The Morgan fingerprint density at radius 1 is 1.10 bits per heavy atom. The molecule has 0 aliphatic heterocycles. The second kappa shape index (κ2) is 8.40. The highest BCUT2D eigenvalue weighted by molar-refractivity contribution is 7.98. The highest BCUT2D eigenvalue weighted by Gasteiger charge is 2.30. The Morgan fingerprint density at radius 2 is 1.77 bits per heavy atom. The summed E-state index contributed by atoms with van der Waals surface area (Å²) in [6.45, 7) is 6.76. The van der Waals surface area contributed by atoms with Crippen LogP contribution in [0.1, 0.15) is 41.0 Å². The number of ether oxygens (including phenoxy) is 1. The standard InChI is InChI=1S/C24H25NO4S/c1-14-10-16(11-15(2)22(14)29-24(3,4)23(27)28)6-9-21(26)20-12-17-7-8-18(30-5)13-19(17)25-20/h6-13,25H,1-5H3,(H,27,28)/b9-6+. The number of rotatable bonds is 7. The van der Waals surface area contributed by atoms with Crippen molar-refractivity contribution in [1.82, 2.24) is 4.98 Å². The molecule has 3 rings (SSSR count). The molecule has 3 aromatic rings. The second-order valence-electron chi connectivity index (χ2n) is 7.74. The molecule has 0 aliphatic carbocycles. The molecule has 1 heterocycles. The van der Waals surface area contributed by atoms with Gasteiger partial charge in [-0.15, -0.1) is 11.8 Å². The maximum absolute atomic E-state index is 12.6. The van der Waals surface area contributed by atoms with Gasteiger partial charge in [-0.1, -0.05) is 12.1 Å². The van der Waals surface area contributed by atoms with Crippen LogP contribution in [0.3, 0.4) is 0 Å². The van der Waals surface area contributed by atoms with Crippen molar-refractivity contribution < 1.29 is 19.4 Å². The fraction of sp³-hybridized carbons (Fsp3) is 0.250. The van der Waals surface area contributed by atoms with E-state index in [1.165, 1.54) is 19.9 Å². The van der Waals surface area contributed by atoms with Crippen molar-refractivity contribution in [2.45, 2.75) is 38.2 Å². The van der Waals surface area contributed by atoms with Crippen molar-refractivity contribution in [3.63, 3.8) is 0 Å². The number of benzene rings is 2. The lowest BCUT2D eigenvalue weighted by molar-refractivity contribution is -0.152. The van der Waals surface area contributed by atoms with Crippen LogP contribution in [-0.2, 0) is 4.79 Å². The molecule has 0 aliphatic rings. The quantitative estimate of drug-likeness (QED) is 0.292. The number of H-pyrrole nitrogens is 1. The highest BCUT2D eigenvalue weighted by Crippen LogP contribution is 2.29. The van der Waals surface area contributed by atoms with Gasteiger partial charge in [-0.3, -0.25) is 4.79 Å². The van der Waals surface area contributed by atoms with Gasteiger partial charge in [-0.2, -0.15) is 0 Å². The van der Waals surface area contributed by atoms with E-state index in [0.717, 1.165) is 32.5 Å². The Bertz CT molecular complexity index is 1130. The van der Waals surface area contributed by atoms with Crippen LogP contribution in [0.15, 0.2) is 47.4 Å². The van der Waals surface area contributed by atoms with Crippen molar-refractivity contribution in [3.05, 3.63) is 64.9 Å². The molecule has 0 fully saturated rings. The SMILES string of the molecule is CSc1ccc2cc(C(=O)/C=C/c3cc(C)c(OC(C)(C)C(=O)O)c(C)c3)[nH]c2c1. The van der Waals surface area contributed by atoms with Crippen molar-refractivity contribution >= 4 is 40.5 Å². The Morgan fingerprint density at radius 3 is 2.37 bits per heavy atom. The Labute approximate surface area is 180 Å². The number of thioether (sulfide) groups is 1. The largest absolute Gasteiger partial charge is 0.478 e. The number of carboxylic acid groups (broad SMARTS) is 1. The zero-order valence-corrected chi connectivity index (χ0v) is 18.5. The first kappa shape index (κ1) is 21.7. The summed E-state index contributed by atoms with van der Waals surface area (Å²) in [5.41, 5.74) is 2.62. The molecule has 0 radical (unpaired) electrons. The number of nitrogens with one attached hydrogen (secondary N) is 1. The summed E-state index contributed by atoms with van der Waals surface area (Å²) in [5, 5.41) is 10.3. The zero-order chi connectivity index (χ0) is 22.1. The average molecular weight is 424 g/mol. The number of ketones is 1. The molecule has 2 aromatic carbocycles. The highest BCUT2D eigenvalue weighted by atomic mass is 32.2. The molecular formula is C24H25NO4S. The number of carboxylic acids is 1. The van der Waals surface area contributed by atoms with Gasteiger partial charge in [0.05, 0.1) is 5.69 Å². The molecule has 0 saturated carbocycles. The summed E-state index contributed by atoms with van der Waals surface area (Å²) < 4.78 is 5.73. The predicted molar refractivity (Wildman–Crippen MR) is 122 cm³/mol. The van der Waals surface area contributed by atoms with Crippen molar-refractivity contribution in [1.29, 1.82) is 0 Å². The van der Waals surface area contributed by atoms with E-state index in [4.69, 9.17) is 4.74 Å². The lowest BCUT2D eigenvalue weighted by Gasteiger charge is -2.24. The maximum atomic E-state index is 12.6. The molecule has 2 N–H and O–H groups in total. The second-order valence-corrected chi connectivity index (χ2v) is 8.61. The molecule has 0 bridgehead atoms. The van der Waals surface area contributed by atoms with Crippen molar-refractivity contribution in [3.8, 4) is 5.75 Å². The van der Waals surface area contributed by atoms with Gasteiger partial charge in [0.15, 0.2) is 5.60 Å². The first-order valence-electron chi connectivity index (χ1n) is 9.53. The fourth-order valence-electron chi connectivity index (χ4n) is 3.17. The number of hydrogen-bond donors (Lipinski definition) is 2. The van der Waals surface area contributed by atoms with Crippen LogP contribution in [0.2, 0.25) is 0 Å². The lowest BCUT2D eigenvalue weighted by atomic mass is 10.0. The number of aliphatic carboxylic acids is 1. The minimum atomic E-state index is -1.32. The number of carbonyl (C=O) groups excluding carboxylic acids is 1. The fourth-order valence-corrected chi connectivity index (χ4v) is 3.61. The Kier molecular flexibility index (Phi) is 6.08. The Balaban J connectivity index is 1.82. The summed E-state index contributed by atoms with van der Waals surface area (Å²) in [4.78, 5) is 28.3. The molecule has 0 amide bonds. The van der Waals surface area contributed by atoms with Crippen LogP contribution in [0.4, 0.5) is 0 Å². The smallest absolute Gasteiger partial charge is 0.347 e. The van der Waals surface area contributed by atoms with Gasteiger partial charge in [-0.05, 0) is 87.0 Å². The predicted octanol–water partition coefficient (Wildman–Crippen LogP) is 5.64. The molecule has 30 heavy (non-hydrogen) atoms. The number of carbonyl (C=O) groups is 2. The summed E-state index contributed by atoms with van der Waals surface area (Å²) in [6, 6.07) is 11.7. The van der Waals surface area contributed by atoms with Gasteiger partial charge in [0.25, 0.3) is 0 Å². The topological polar surface area (TPSA) is 79.4 Å². The third-order valence-corrected chi connectivity index (χ3v) is 5.60. The van der Waals surface area contributed by atoms with E-state index in [1.54, 1.807) is 17.8 Å². The number of aromatic nitrogens is 1. The van der Waals surface area contributed by atoms with Crippen molar-refractivity contribution in [2.24, 2.45) is 0 Å². The summed E-state index contributed by atoms with van der Waals surface area (Å²) in [5.74, 6) is -0.593. The van der Waals surface area contributed by atoms with E-state index < -0.39 is 11.6 Å². The zero-order valence-electron chi connectivity index (χ0n) is 17.7. The minimum Gasteiger partial charge on any atom is -0.478 e. The van der Waals surface area contributed by atoms with Crippen LogP contribution in [0.25, 0.3) is 17.0 Å². The number of allylic oxidation sites excluding steroid dienone is 1.